The highest BCUT2D eigenvalue weighted by atomic mass is 32.2. The van der Waals surface area contributed by atoms with Crippen molar-refractivity contribution < 1.29 is 4.79 Å². The number of imidazole rings is 1. The number of aromatic amines is 1. The maximum absolute atomic E-state index is 12.5. The first-order chi connectivity index (χ1) is 15.2. The van der Waals surface area contributed by atoms with E-state index in [0.29, 0.717) is 5.75 Å². The van der Waals surface area contributed by atoms with Crippen LogP contribution in [0.2, 0.25) is 0 Å². The van der Waals surface area contributed by atoms with Gasteiger partial charge in [-0.3, -0.25) is 9.69 Å². The van der Waals surface area contributed by atoms with Crippen LogP contribution < -0.4 is 5.32 Å². The summed E-state index contributed by atoms with van der Waals surface area (Å²) in [5.74, 6) is 0.479. The van der Waals surface area contributed by atoms with E-state index in [1.165, 1.54) is 22.9 Å². The Kier molecular flexibility index (Phi) is 7.43. The monoisotopic (exact) mass is 434 g/mol. The van der Waals surface area contributed by atoms with Gasteiger partial charge in [-0.2, -0.15) is 0 Å². The van der Waals surface area contributed by atoms with Crippen molar-refractivity contribution in [2.75, 3.05) is 18.8 Å². The Morgan fingerprint density at radius 2 is 1.71 bits per heavy atom. The molecule has 0 saturated carbocycles. The van der Waals surface area contributed by atoms with Gasteiger partial charge in [-0.05, 0) is 30.9 Å². The summed E-state index contributed by atoms with van der Waals surface area (Å²) in [7, 11) is 0. The Hall–Kier alpha value is -2.57. The van der Waals surface area contributed by atoms with E-state index in [2.05, 4.69) is 57.7 Å². The van der Waals surface area contributed by atoms with Crippen LogP contribution in [-0.4, -0.2) is 45.7 Å². The largest absolute Gasteiger partial charge is 0.353 e. The maximum atomic E-state index is 12.5. The molecule has 2 aromatic carbocycles. The Morgan fingerprint density at radius 1 is 1.06 bits per heavy atom. The zero-order valence-corrected chi connectivity index (χ0v) is 18.8. The van der Waals surface area contributed by atoms with E-state index in [1.807, 2.05) is 25.1 Å². The average molecular weight is 435 g/mol. The fraction of sp³-hybridized carbons (Fsp3) is 0.360. The van der Waals surface area contributed by atoms with E-state index in [4.69, 9.17) is 4.98 Å². The van der Waals surface area contributed by atoms with Crippen LogP contribution >= 0.6 is 11.8 Å². The van der Waals surface area contributed by atoms with Crippen molar-refractivity contribution in [2.24, 2.45) is 0 Å². The second-order valence-electron chi connectivity index (χ2n) is 8.17. The molecule has 1 saturated heterocycles. The molecule has 0 spiro atoms. The first-order valence-electron chi connectivity index (χ1n) is 10.9. The molecule has 5 nitrogen and oxygen atoms in total. The van der Waals surface area contributed by atoms with E-state index < -0.39 is 0 Å². The van der Waals surface area contributed by atoms with E-state index in [1.54, 1.807) is 0 Å². The van der Waals surface area contributed by atoms with Gasteiger partial charge in [0.25, 0.3) is 0 Å². The van der Waals surface area contributed by atoms with Crippen molar-refractivity contribution in [1.82, 2.24) is 20.2 Å². The molecule has 0 unspecified atom stereocenters. The van der Waals surface area contributed by atoms with E-state index in [-0.39, 0.29) is 11.9 Å². The Morgan fingerprint density at radius 3 is 2.39 bits per heavy atom. The lowest BCUT2D eigenvalue weighted by Gasteiger charge is -2.32. The van der Waals surface area contributed by atoms with Crippen LogP contribution in [0.1, 0.15) is 35.4 Å². The summed E-state index contributed by atoms with van der Waals surface area (Å²) in [5, 5.41) is 4.02. The van der Waals surface area contributed by atoms with Crippen LogP contribution in [0.5, 0.6) is 0 Å². The van der Waals surface area contributed by atoms with Gasteiger partial charge in [-0.25, -0.2) is 4.98 Å². The molecule has 1 amide bonds. The highest BCUT2D eigenvalue weighted by Gasteiger charge is 2.21. The van der Waals surface area contributed by atoms with Gasteiger partial charge in [0.2, 0.25) is 5.91 Å². The second kappa shape index (κ2) is 10.6. The smallest absolute Gasteiger partial charge is 0.230 e. The van der Waals surface area contributed by atoms with Crippen LogP contribution in [0.15, 0.2) is 65.8 Å². The number of carbonyl (C=O) groups is 1. The van der Waals surface area contributed by atoms with Crippen LogP contribution in [0.4, 0.5) is 0 Å². The third-order valence-electron chi connectivity index (χ3n) is 5.72. The summed E-state index contributed by atoms with van der Waals surface area (Å²) in [6.45, 7) is 5.07. The van der Waals surface area contributed by atoms with Gasteiger partial charge in [-0.1, -0.05) is 72.4 Å². The summed E-state index contributed by atoms with van der Waals surface area (Å²) >= 11 is 1.48. The van der Waals surface area contributed by atoms with Gasteiger partial charge >= 0.3 is 0 Å². The molecule has 1 aromatic heterocycles. The number of aromatic nitrogens is 2. The zero-order chi connectivity index (χ0) is 21.5. The van der Waals surface area contributed by atoms with E-state index in [9.17, 15) is 4.79 Å². The molecule has 3 aromatic rings. The molecule has 0 bridgehead atoms. The standard InChI is InChI=1S/C25H30N4OS/c1-19-23(16-20-8-4-2-5-9-20)28-25(26-19)31-18-24(30)27-22-12-14-29(15-13-22)17-21-10-6-3-7-11-21/h2-11,22H,12-18H2,1H3,(H,26,28)(H,27,30). The molecule has 1 fully saturated rings. The number of H-pyrrole nitrogens is 1. The molecule has 31 heavy (non-hydrogen) atoms. The minimum Gasteiger partial charge on any atom is -0.353 e. The number of benzene rings is 2. The lowest BCUT2D eigenvalue weighted by molar-refractivity contribution is -0.119. The molecule has 162 valence electrons. The number of thioether (sulfide) groups is 1. The van der Waals surface area contributed by atoms with E-state index in [0.717, 1.165) is 55.4 Å². The molecule has 0 radical (unpaired) electrons. The lowest BCUT2D eigenvalue weighted by Crippen LogP contribution is -2.44. The van der Waals surface area contributed by atoms with Gasteiger partial charge in [0, 0.05) is 37.8 Å². The van der Waals surface area contributed by atoms with Gasteiger partial charge in [-0.15, -0.1) is 0 Å². The third kappa shape index (κ3) is 6.45. The molecule has 2 heterocycles. The van der Waals surface area contributed by atoms with Gasteiger partial charge in [0.05, 0.1) is 11.4 Å². The first kappa shape index (κ1) is 21.7. The molecule has 0 atom stereocenters. The fourth-order valence-electron chi connectivity index (χ4n) is 3.98. The Labute approximate surface area is 188 Å². The van der Waals surface area contributed by atoms with Crippen LogP contribution in [-0.2, 0) is 17.8 Å². The topological polar surface area (TPSA) is 61.0 Å². The summed E-state index contributed by atoms with van der Waals surface area (Å²) in [6.07, 6.45) is 2.81. The minimum atomic E-state index is 0.0881. The highest BCUT2D eigenvalue weighted by molar-refractivity contribution is 7.99. The van der Waals surface area contributed by atoms with Crippen LogP contribution in [0, 0.1) is 6.92 Å². The Balaban J connectivity index is 1.19. The van der Waals surface area contributed by atoms with Crippen molar-refractivity contribution in [1.29, 1.82) is 0 Å². The van der Waals surface area contributed by atoms with Crippen molar-refractivity contribution in [3.05, 3.63) is 83.2 Å². The molecule has 1 aliphatic heterocycles. The highest BCUT2D eigenvalue weighted by Crippen LogP contribution is 2.19. The second-order valence-corrected chi connectivity index (χ2v) is 9.13. The summed E-state index contributed by atoms with van der Waals surface area (Å²) < 4.78 is 0. The number of hydrogen-bond donors (Lipinski definition) is 2. The number of carbonyl (C=O) groups excluding carboxylic acids is 1. The predicted molar refractivity (Wildman–Crippen MR) is 126 cm³/mol. The molecular formula is C25H30N4OS. The molecular weight excluding hydrogens is 404 g/mol. The number of amides is 1. The summed E-state index contributed by atoms with van der Waals surface area (Å²) in [4.78, 5) is 22.9. The molecule has 2 N–H and O–H groups in total. The van der Waals surface area contributed by atoms with Crippen molar-refractivity contribution in [2.45, 2.75) is 43.9 Å². The number of nitrogens with one attached hydrogen (secondary N) is 2. The first-order valence-corrected chi connectivity index (χ1v) is 11.9. The van der Waals surface area contributed by atoms with Crippen molar-refractivity contribution in [3.63, 3.8) is 0 Å². The summed E-state index contributed by atoms with van der Waals surface area (Å²) in [6, 6.07) is 21.2. The number of likely N-dealkylation sites (tertiary alicyclic amines) is 1. The molecule has 4 rings (SSSR count). The zero-order valence-electron chi connectivity index (χ0n) is 18.0. The quantitative estimate of drug-likeness (QED) is 0.522. The molecule has 0 aliphatic carbocycles. The predicted octanol–water partition coefficient (Wildman–Crippen LogP) is 4.18. The SMILES string of the molecule is Cc1[nH]c(SCC(=O)NC2CCN(Cc3ccccc3)CC2)nc1Cc1ccccc1. The number of rotatable bonds is 8. The van der Waals surface area contributed by atoms with Gasteiger partial charge in [0.1, 0.15) is 0 Å². The lowest BCUT2D eigenvalue weighted by atomic mass is 10.0. The number of nitrogens with zero attached hydrogens (tertiary/aromatic N) is 2. The van der Waals surface area contributed by atoms with Crippen LogP contribution in [0.25, 0.3) is 0 Å². The van der Waals surface area contributed by atoms with Gasteiger partial charge in [0.15, 0.2) is 5.16 Å². The van der Waals surface area contributed by atoms with Crippen molar-refractivity contribution >= 4 is 17.7 Å². The third-order valence-corrected chi connectivity index (χ3v) is 6.59. The molecule has 1 aliphatic rings. The minimum absolute atomic E-state index is 0.0881. The van der Waals surface area contributed by atoms with Crippen LogP contribution in [0.3, 0.4) is 0 Å². The Bertz CT molecular complexity index is 966. The number of hydrogen-bond acceptors (Lipinski definition) is 4. The average Bonchev–Trinajstić information content (AvgIpc) is 3.14. The van der Waals surface area contributed by atoms with E-state index >= 15 is 0 Å². The maximum Gasteiger partial charge on any atom is 0.230 e. The number of aryl methyl sites for hydroxylation is 1. The summed E-state index contributed by atoms with van der Waals surface area (Å²) in [5.41, 5.74) is 4.70. The fourth-order valence-corrected chi connectivity index (χ4v) is 4.73. The number of piperidine rings is 1. The molecule has 6 heteroatoms. The van der Waals surface area contributed by atoms with Crippen molar-refractivity contribution in [3.8, 4) is 0 Å². The van der Waals surface area contributed by atoms with Gasteiger partial charge < -0.3 is 10.3 Å². The normalized spacial score (nSPS) is 15.1.